The van der Waals surface area contributed by atoms with Crippen molar-refractivity contribution in [3.05, 3.63) is 29.8 Å². The number of rotatable bonds is 4. The van der Waals surface area contributed by atoms with Crippen LogP contribution in [0.5, 0.6) is 5.75 Å². The molecule has 2 unspecified atom stereocenters. The zero-order valence-corrected chi connectivity index (χ0v) is 11.5. The first-order valence-corrected chi connectivity index (χ1v) is 6.71. The third-order valence-electron chi connectivity index (χ3n) is 3.92. The van der Waals surface area contributed by atoms with Crippen molar-refractivity contribution in [2.75, 3.05) is 7.05 Å². The monoisotopic (exact) mass is 263 g/mol. The summed E-state index contributed by atoms with van der Waals surface area (Å²) < 4.78 is 5.91. The predicted octanol–water partition coefficient (Wildman–Crippen LogP) is 2.36. The van der Waals surface area contributed by atoms with Crippen LogP contribution in [0.3, 0.4) is 0 Å². The molecular formula is C15H21NO3. The van der Waals surface area contributed by atoms with Crippen molar-refractivity contribution in [1.29, 1.82) is 0 Å². The zero-order chi connectivity index (χ0) is 13.9. The fourth-order valence-corrected chi connectivity index (χ4v) is 2.66. The predicted molar refractivity (Wildman–Crippen MR) is 73.5 cm³/mol. The van der Waals surface area contributed by atoms with E-state index in [2.05, 4.69) is 5.32 Å². The van der Waals surface area contributed by atoms with Crippen LogP contribution in [-0.2, 0) is 4.79 Å². The van der Waals surface area contributed by atoms with Crippen molar-refractivity contribution in [3.63, 3.8) is 0 Å². The van der Waals surface area contributed by atoms with Crippen LogP contribution in [0.1, 0.15) is 31.2 Å². The average Bonchev–Trinajstić information content (AvgIpc) is 2.41. The maximum absolute atomic E-state index is 11.4. The van der Waals surface area contributed by atoms with E-state index in [1.165, 1.54) is 5.56 Å². The summed E-state index contributed by atoms with van der Waals surface area (Å²) >= 11 is 0. The van der Waals surface area contributed by atoms with Gasteiger partial charge in [-0.15, -0.1) is 0 Å². The van der Waals surface area contributed by atoms with Crippen LogP contribution in [0.25, 0.3) is 0 Å². The van der Waals surface area contributed by atoms with Gasteiger partial charge < -0.3 is 15.2 Å². The first-order chi connectivity index (χ1) is 9.05. The van der Waals surface area contributed by atoms with Crippen LogP contribution in [0.2, 0.25) is 0 Å². The topological polar surface area (TPSA) is 58.6 Å². The van der Waals surface area contributed by atoms with Gasteiger partial charge in [-0.1, -0.05) is 17.7 Å². The van der Waals surface area contributed by atoms with Gasteiger partial charge in [-0.3, -0.25) is 4.79 Å². The SMILES string of the molecule is CNC1(C(=O)O)CCCC(Oc2ccc(C)cc2)C1. The minimum Gasteiger partial charge on any atom is -0.490 e. The Bertz CT molecular complexity index is 443. The Morgan fingerprint density at radius 2 is 2.11 bits per heavy atom. The summed E-state index contributed by atoms with van der Waals surface area (Å²) in [4.78, 5) is 11.4. The molecule has 1 aromatic carbocycles. The van der Waals surface area contributed by atoms with E-state index in [0.29, 0.717) is 12.8 Å². The lowest BCUT2D eigenvalue weighted by Crippen LogP contribution is -2.55. The molecule has 19 heavy (non-hydrogen) atoms. The molecule has 0 aromatic heterocycles. The Morgan fingerprint density at radius 1 is 1.42 bits per heavy atom. The van der Waals surface area contributed by atoms with E-state index in [-0.39, 0.29) is 6.10 Å². The molecule has 2 atom stereocenters. The standard InChI is InChI=1S/C15H21NO3/c1-11-5-7-12(8-6-11)19-13-4-3-9-15(10-13,16-2)14(17)18/h5-8,13,16H,3-4,9-10H2,1-2H3,(H,17,18). The number of carboxylic acid groups (broad SMARTS) is 1. The first kappa shape index (κ1) is 13.9. The molecule has 0 spiro atoms. The lowest BCUT2D eigenvalue weighted by molar-refractivity contribution is -0.147. The minimum atomic E-state index is -0.840. The van der Waals surface area contributed by atoms with Gasteiger partial charge in [0.15, 0.2) is 0 Å². The van der Waals surface area contributed by atoms with Crippen LogP contribution in [0.4, 0.5) is 0 Å². The number of carbonyl (C=O) groups is 1. The van der Waals surface area contributed by atoms with Crippen molar-refractivity contribution < 1.29 is 14.6 Å². The number of hydrogen-bond acceptors (Lipinski definition) is 3. The van der Waals surface area contributed by atoms with Gasteiger partial charge in [-0.05, 0) is 45.4 Å². The molecule has 0 radical (unpaired) electrons. The fraction of sp³-hybridized carbons (Fsp3) is 0.533. The van der Waals surface area contributed by atoms with E-state index in [9.17, 15) is 9.90 Å². The molecule has 1 fully saturated rings. The molecule has 2 rings (SSSR count). The molecule has 4 nitrogen and oxygen atoms in total. The van der Waals surface area contributed by atoms with E-state index in [0.717, 1.165) is 18.6 Å². The van der Waals surface area contributed by atoms with Gasteiger partial charge in [0, 0.05) is 6.42 Å². The van der Waals surface area contributed by atoms with Crippen molar-refractivity contribution in [2.45, 2.75) is 44.2 Å². The molecule has 1 aromatic rings. The fourth-order valence-electron chi connectivity index (χ4n) is 2.66. The molecule has 1 aliphatic carbocycles. The summed E-state index contributed by atoms with van der Waals surface area (Å²) in [5, 5.41) is 12.4. The Balaban J connectivity index is 2.05. The largest absolute Gasteiger partial charge is 0.490 e. The molecule has 104 valence electrons. The summed E-state index contributed by atoms with van der Waals surface area (Å²) in [6.45, 7) is 2.03. The molecule has 0 aliphatic heterocycles. The molecule has 0 saturated heterocycles. The molecule has 2 N–H and O–H groups in total. The summed E-state index contributed by atoms with van der Waals surface area (Å²) in [5.74, 6) is 0.0279. The third kappa shape index (κ3) is 3.07. The van der Waals surface area contributed by atoms with Crippen molar-refractivity contribution in [3.8, 4) is 5.75 Å². The maximum Gasteiger partial charge on any atom is 0.324 e. The molecule has 0 amide bonds. The maximum atomic E-state index is 11.4. The second kappa shape index (κ2) is 5.61. The molecule has 0 heterocycles. The van der Waals surface area contributed by atoms with Gasteiger partial charge in [0.05, 0.1) is 0 Å². The lowest BCUT2D eigenvalue weighted by Gasteiger charge is -2.37. The van der Waals surface area contributed by atoms with E-state index in [1.54, 1.807) is 7.05 Å². The highest BCUT2D eigenvalue weighted by Crippen LogP contribution is 2.31. The van der Waals surface area contributed by atoms with Crippen LogP contribution in [-0.4, -0.2) is 29.8 Å². The third-order valence-corrected chi connectivity index (χ3v) is 3.92. The summed E-state index contributed by atoms with van der Waals surface area (Å²) in [6, 6.07) is 7.87. The van der Waals surface area contributed by atoms with Gasteiger partial charge in [0.25, 0.3) is 0 Å². The number of nitrogens with one attached hydrogen (secondary N) is 1. The van der Waals surface area contributed by atoms with E-state index in [4.69, 9.17) is 4.74 Å². The van der Waals surface area contributed by atoms with Gasteiger partial charge in [-0.2, -0.15) is 0 Å². The first-order valence-electron chi connectivity index (χ1n) is 6.71. The Labute approximate surface area is 113 Å². The van der Waals surface area contributed by atoms with Gasteiger partial charge in [0.2, 0.25) is 0 Å². The number of carboxylic acids is 1. The van der Waals surface area contributed by atoms with E-state index in [1.807, 2.05) is 31.2 Å². The van der Waals surface area contributed by atoms with E-state index < -0.39 is 11.5 Å². The zero-order valence-electron chi connectivity index (χ0n) is 11.5. The van der Waals surface area contributed by atoms with Gasteiger partial charge in [-0.25, -0.2) is 0 Å². The number of benzene rings is 1. The van der Waals surface area contributed by atoms with Crippen LogP contribution >= 0.6 is 0 Å². The Morgan fingerprint density at radius 3 is 2.68 bits per heavy atom. The lowest BCUT2D eigenvalue weighted by atomic mass is 9.80. The summed E-state index contributed by atoms with van der Waals surface area (Å²) in [7, 11) is 1.71. The molecule has 0 bridgehead atoms. The summed E-state index contributed by atoms with van der Waals surface area (Å²) in [6.07, 6.45) is 2.90. The number of ether oxygens (including phenoxy) is 1. The number of aryl methyl sites for hydroxylation is 1. The van der Waals surface area contributed by atoms with Crippen molar-refractivity contribution in [2.24, 2.45) is 0 Å². The highest BCUT2D eigenvalue weighted by Gasteiger charge is 2.42. The Hall–Kier alpha value is -1.55. The molecule has 1 saturated carbocycles. The smallest absolute Gasteiger partial charge is 0.324 e. The molecular weight excluding hydrogens is 242 g/mol. The normalized spacial score (nSPS) is 26.9. The van der Waals surface area contributed by atoms with Crippen LogP contribution < -0.4 is 10.1 Å². The highest BCUT2D eigenvalue weighted by atomic mass is 16.5. The molecule has 4 heteroatoms. The average molecular weight is 263 g/mol. The minimum absolute atomic E-state index is 0.0417. The van der Waals surface area contributed by atoms with Gasteiger partial charge >= 0.3 is 5.97 Å². The van der Waals surface area contributed by atoms with Gasteiger partial charge in [0.1, 0.15) is 17.4 Å². The quantitative estimate of drug-likeness (QED) is 0.875. The Kier molecular flexibility index (Phi) is 4.10. The van der Waals surface area contributed by atoms with Crippen molar-refractivity contribution >= 4 is 5.97 Å². The second-order valence-corrected chi connectivity index (χ2v) is 5.29. The molecule has 1 aliphatic rings. The number of aliphatic carboxylic acids is 1. The number of likely N-dealkylation sites (N-methyl/N-ethyl adjacent to an activating group) is 1. The summed E-state index contributed by atoms with van der Waals surface area (Å²) in [5.41, 5.74) is 0.347. The number of hydrogen-bond donors (Lipinski definition) is 2. The second-order valence-electron chi connectivity index (χ2n) is 5.29. The van der Waals surface area contributed by atoms with Crippen LogP contribution in [0.15, 0.2) is 24.3 Å². The van der Waals surface area contributed by atoms with Crippen molar-refractivity contribution in [1.82, 2.24) is 5.32 Å². The van der Waals surface area contributed by atoms with Crippen LogP contribution in [0, 0.1) is 6.92 Å². The van der Waals surface area contributed by atoms with E-state index >= 15 is 0 Å². The highest BCUT2D eigenvalue weighted by molar-refractivity contribution is 5.79.